The van der Waals surface area contributed by atoms with E-state index >= 15 is 0 Å². The summed E-state index contributed by atoms with van der Waals surface area (Å²) in [6, 6.07) is 15.4. The molecule has 1 aliphatic rings. The summed E-state index contributed by atoms with van der Waals surface area (Å²) in [5.74, 6) is 0.0783. The Morgan fingerprint density at radius 2 is 1.90 bits per heavy atom. The first-order chi connectivity index (χ1) is 14.2. The quantitative estimate of drug-likeness (QED) is 0.433. The molecule has 2 aromatic carbocycles. The number of hydrogen-bond acceptors (Lipinski definition) is 4. The van der Waals surface area contributed by atoms with Crippen molar-refractivity contribution >= 4 is 23.6 Å². The van der Waals surface area contributed by atoms with Crippen LogP contribution in [0, 0.1) is 0 Å². The van der Waals surface area contributed by atoms with Crippen molar-refractivity contribution in [3.63, 3.8) is 0 Å². The molecule has 6 nitrogen and oxygen atoms in total. The Morgan fingerprint density at radius 3 is 2.69 bits per heavy atom. The number of rotatable bonds is 7. The average molecular weight is 391 g/mol. The zero-order valence-corrected chi connectivity index (χ0v) is 16.3. The molecule has 0 radical (unpaired) electrons. The van der Waals surface area contributed by atoms with Gasteiger partial charge in [-0.2, -0.15) is 0 Å². The lowest BCUT2D eigenvalue weighted by molar-refractivity contribution is -0.125. The SMILES string of the molecule is C=CCOc1ccc(/C=C/C(=O)NNC(=O)CN2CCCc3ccccc32)cc1. The summed E-state index contributed by atoms with van der Waals surface area (Å²) in [5, 5.41) is 0. The van der Waals surface area contributed by atoms with Gasteiger partial charge in [-0.15, -0.1) is 0 Å². The van der Waals surface area contributed by atoms with Gasteiger partial charge in [0, 0.05) is 18.3 Å². The Bertz CT molecular complexity index is 890. The van der Waals surface area contributed by atoms with Gasteiger partial charge in [0.2, 0.25) is 0 Å². The number of fused-ring (bicyclic) bond motifs is 1. The van der Waals surface area contributed by atoms with Gasteiger partial charge >= 0.3 is 0 Å². The van der Waals surface area contributed by atoms with E-state index in [0.29, 0.717) is 6.61 Å². The normalized spacial score (nSPS) is 12.9. The Labute approximate surface area is 170 Å². The highest BCUT2D eigenvalue weighted by molar-refractivity contribution is 5.93. The summed E-state index contributed by atoms with van der Waals surface area (Å²) in [5.41, 5.74) is 8.07. The van der Waals surface area contributed by atoms with E-state index in [-0.39, 0.29) is 12.5 Å². The zero-order valence-electron chi connectivity index (χ0n) is 16.3. The van der Waals surface area contributed by atoms with Gasteiger partial charge < -0.3 is 9.64 Å². The number of hydrogen-bond donors (Lipinski definition) is 2. The molecule has 3 rings (SSSR count). The van der Waals surface area contributed by atoms with Crippen LogP contribution in [0.5, 0.6) is 5.75 Å². The second kappa shape index (κ2) is 10.1. The molecule has 0 saturated heterocycles. The number of hydrazine groups is 1. The van der Waals surface area contributed by atoms with Gasteiger partial charge in [0.15, 0.2) is 0 Å². The third-order valence-corrected chi connectivity index (χ3v) is 4.54. The number of para-hydroxylation sites is 1. The predicted molar refractivity (Wildman–Crippen MR) is 114 cm³/mol. The van der Waals surface area contributed by atoms with E-state index in [1.165, 1.54) is 11.6 Å². The molecule has 0 aromatic heterocycles. The Kier molecular flexibility index (Phi) is 7.05. The minimum absolute atomic E-state index is 0.202. The van der Waals surface area contributed by atoms with E-state index in [9.17, 15) is 9.59 Å². The van der Waals surface area contributed by atoms with Crippen LogP contribution in [-0.4, -0.2) is 31.5 Å². The summed E-state index contributed by atoms with van der Waals surface area (Å²) in [6.07, 6.45) is 6.75. The lowest BCUT2D eigenvalue weighted by Gasteiger charge is -2.30. The van der Waals surface area contributed by atoms with Gasteiger partial charge in [0.1, 0.15) is 12.4 Å². The van der Waals surface area contributed by atoms with E-state index in [1.54, 1.807) is 12.2 Å². The summed E-state index contributed by atoms with van der Waals surface area (Å²) < 4.78 is 5.41. The average Bonchev–Trinajstić information content (AvgIpc) is 2.76. The molecule has 1 aliphatic heterocycles. The summed E-state index contributed by atoms with van der Waals surface area (Å²) in [4.78, 5) is 26.2. The standard InChI is InChI=1S/C23H25N3O3/c1-2-16-29-20-12-9-18(10-13-20)11-14-22(27)24-25-23(28)17-26-15-5-7-19-6-3-4-8-21(19)26/h2-4,6,8-14H,1,5,7,15-17H2,(H,24,27)(H,25,28)/b14-11+. The number of carbonyl (C=O) groups is 2. The monoisotopic (exact) mass is 391 g/mol. The molecule has 2 aromatic rings. The largest absolute Gasteiger partial charge is 0.490 e. The number of anilines is 1. The Morgan fingerprint density at radius 1 is 1.10 bits per heavy atom. The van der Waals surface area contributed by atoms with Gasteiger partial charge in [0.05, 0.1) is 6.54 Å². The van der Waals surface area contributed by atoms with E-state index in [0.717, 1.165) is 36.4 Å². The second-order valence-electron chi connectivity index (χ2n) is 6.69. The molecule has 0 bridgehead atoms. The third kappa shape index (κ3) is 5.97. The highest BCUT2D eigenvalue weighted by atomic mass is 16.5. The van der Waals surface area contributed by atoms with Crippen LogP contribution >= 0.6 is 0 Å². The molecule has 0 fully saturated rings. The maximum atomic E-state index is 12.2. The fraction of sp³-hybridized carbons (Fsp3) is 0.217. The molecule has 2 amide bonds. The number of nitrogens with one attached hydrogen (secondary N) is 2. The first kappa shape index (κ1) is 20.2. The fourth-order valence-corrected chi connectivity index (χ4v) is 3.16. The van der Waals surface area contributed by atoms with Crippen molar-refractivity contribution in [2.45, 2.75) is 12.8 Å². The van der Waals surface area contributed by atoms with Crippen LogP contribution in [0.3, 0.4) is 0 Å². The predicted octanol–water partition coefficient (Wildman–Crippen LogP) is 2.86. The topological polar surface area (TPSA) is 70.7 Å². The van der Waals surface area contributed by atoms with Gasteiger partial charge in [0.25, 0.3) is 11.8 Å². The maximum Gasteiger partial charge on any atom is 0.262 e. The summed E-state index contributed by atoms with van der Waals surface area (Å²) in [7, 11) is 0. The molecular formula is C23H25N3O3. The van der Waals surface area contributed by atoms with E-state index in [4.69, 9.17) is 4.74 Å². The number of carbonyl (C=O) groups excluding carboxylic acids is 2. The molecule has 0 unspecified atom stereocenters. The van der Waals surface area contributed by atoms with Crippen LogP contribution in [0.25, 0.3) is 6.08 Å². The van der Waals surface area contributed by atoms with Crippen molar-refractivity contribution in [2.24, 2.45) is 0 Å². The van der Waals surface area contributed by atoms with E-state index in [1.807, 2.05) is 47.4 Å². The Balaban J connectivity index is 1.45. The number of amides is 2. The van der Waals surface area contributed by atoms with Crippen LogP contribution in [0.15, 0.2) is 67.3 Å². The van der Waals surface area contributed by atoms with Crippen LogP contribution in [0.2, 0.25) is 0 Å². The Hall–Kier alpha value is -3.54. The molecular weight excluding hydrogens is 366 g/mol. The van der Waals surface area contributed by atoms with Crippen LogP contribution in [0.1, 0.15) is 17.5 Å². The molecule has 2 N–H and O–H groups in total. The van der Waals surface area contributed by atoms with Crippen LogP contribution in [0.4, 0.5) is 5.69 Å². The van der Waals surface area contributed by atoms with Gasteiger partial charge in [-0.25, -0.2) is 0 Å². The smallest absolute Gasteiger partial charge is 0.262 e. The van der Waals surface area contributed by atoms with E-state index in [2.05, 4.69) is 23.5 Å². The number of aryl methyl sites for hydroxylation is 1. The second-order valence-corrected chi connectivity index (χ2v) is 6.69. The first-order valence-electron chi connectivity index (χ1n) is 9.59. The molecule has 29 heavy (non-hydrogen) atoms. The molecule has 0 aliphatic carbocycles. The van der Waals surface area contributed by atoms with Gasteiger partial charge in [-0.1, -0.05) is 43.0 Å². The van der Waals surface area contributed by atoms with Crippen molar-refractivity contribution in [2.75, 3.05) is 24.6 Å². The van der Waals surface area contributed by atoms with Crippen molar-refractivity contribution in [3.8, 4) is 5.75 Å². The molecule has 1 heterocycles. The van der Waals surface area contributed by atoms with Crippen molar-refractivity contribution in [1.29, 1.82) is 0 Å². The minimum atomic E-state index is -0.399. The zero-order chi connectivity index (χ0) is 20.5. The summed E-state index contributed by atoms with van der Waals surface area (Å²) >= 11 is 0. The maximum absolute atomic E-state index is 12.2. The minimum Gasteiger partial charge on any atom is -0.490 e. The summed E-state index contributed by atoms with van der Waals surface area (Å²) in [6.45, 7) is 5.07. The van der Waals surface area contributed by atoms with Crippen LogP contribution in [-0.2, 0) is 16.0 Å². The molecule has 150 valence electrons. The van der Waals surface area contributed by atoms with Crippen molar-refractivity contribution < 1.29 is 14.3 Å². The lowest BCUT2D eigenvalue weighted by atomic mass is 10.0. The van der Waals surface area contributed by atoms with Gasteiger partial charge in [-0.05, 0) is 48.2 Å². The van der Waals surface area contributed by atoms with Crippen molar-refractivity contribution in [3.05, 3.63) is 78.4 Å². The number of ether oxygens (including phenoxy) is 1. The lowest BCUT2D eigenvalue weighted by Crippen LogP contribution is -2.47. The fourth-order valence-electron chi connectivity index (χ4n) is 3.16. The third-order valence-electron chi connectivity index (χ3n) is 4.54. The van der Waals surface area contributed by atoms with Crippen molar-refractivity contribution in [1.82, 2.24) is 10.9 Å². The first-order valence-corrected chi connectivity index (χ1v) is 9.59. The number of benzene rings is 2. The molecule has 0 atom stereocenters. The highest BCUT2D eigenvalue weighted by Crippen LogP contribution is 2.26. The van der Waals surface area contributed by atoms with Gasteiger partial charge in [-0.3, -0.25) is 20.4 Å². The van der Waals surface area contributed by atoms with Crippen LogP contribution < -0.4 is 20.5 Å². The number of nitrogens with zero attached hydrogens (tertiary/aromatic N) is 1. The van der Waals surface area contributed by atoms with E-state index < -0.39 is 5.91 Å². The molecule has 6 heteroatoms. The molecule has 0 saturated carbocycles. The molecule has 0 spiro atoms. The highest BCUT2D eigenvalue weighted by Gasteiger charge is 2.18.